The van der Waals surface area contributed by atoms with Crippen LogP contribution in [0.5, 0.6) is 0 Å². The number of hydrogen-bond donors (Lipinski definition) is 0. The highest BCUT2D eigenvalue weighted by atomic mass is 32.2. The highest BCUT2D eigenvalue weighted by Crippen LogP contribution is 2.28. The number of aromatic nitrogens is 1. The van der Waals surface area contributed by atoms with Crippen LogP contribution in [0.25, 0.3) is 11.3 Å². The molecule has 0 N–H and O–H groups in total. The molecule has 2 aromatic heterocycles. The Hall–Kier alpha value is -2.05. The fraction of sp³-hybridized carbons (Fsp3) is 0.263. The Morgan fingerprint density at radius 3 is 2.64 bits per heavy atom. The number of rotatable bonds is 6. The highest BCUT2D eigenvalue weighted by Gasteiger charge is 2.13. The summed E-state index contributed by atoms with van der Waals surface area (Å²) >= 11 is 3.05. The number of amides is 1. The zero-order valence-corrected chi connectivity index (χ0v) is 16.1. The van der Waals surface area contributed by atoms with Crippen LogP contribution in [0.1, 0.15) is 17.1 Å². The second-order valence-electron chi connectivity index (χ2n) is 5.92. The first-order valence-electron chi connectivity index (χ1n) is 7.96. The molecule has 130 valence electrons. The van der Waals surface area contributed by atoms with Crippen LogP contribution in [0.2, 0.25) is 0 Å². The zero-order chi connectivity index (χ0) is 17.8. The molecule has 0 saturated heterocycles. The molecule has 0 aliphatic carbocycles. The Bertz CT molecular complexity index is 852. The summed E-state index contributed by atoms with van der Waals surface area (Å²) in [5.41, 5.74) is 3.29. The molecule has 0 fully saturated rings. The number of carbonyl (C=O) groups excluding carboxylic acids is 1. The number of nitrogens with zero attached hydrogens (tertiary/aromatic N) is 2. The molecule has 4 nitrogen and oxygen atoms in total. The second-order valence-corrected chi connectivity index (χ2v) is 8.00. The van der Waals surface area contributed by atoms with Gasteiger partial charge in [0.15, 0.2) is 4.34 Å². The molecule has 1 amide bonds. The van der Waals surface area contributed by atoms with Crippen LogP contribution in [-0.2, 0) is 11.3 Å². The molecule has 0 radical (unpaired) electrons. The van der Waals surface area contributed by atoms with Crippen LogP contribution in [-0.4, -0.2) is 28.6 Å². The molecular formula is C19H20N2O2S2. The monoisotopic (exact) mass is 372 g/mol. The van der Waals surface area contributed by atoms with E-state index in [0.717, 1.165) is 27.1 Å². The minimum atomic E-state index is 0.0612. The molecule has 0 bridgehead atoms. The summed E-state index contributed by atoms with van der Waals surface area (Å²) in [6.45, 7) is 4.45. The molecule has 0 atom stereocenters. The van der Waals surface area contributed by atoms with Crippen LogP contribution >= 0.6 is 23.1 Å². The molecular weight excluding hydrogens is 352 g/mol. The van der Waals surface area contributed by atoms with Crippen LogP contribution in [0.15, 0.2) is 50.5 Å². The minimum absolute atomic E-state index is 0.0612. The van der Waals surface area contributed by atoms with Crippen molar-refractivity contribution in [3.8, 4) is 11.3 Å². The van der Waals surface area contributed by atoms with Gasteiger partial charge in [-0.15, -0.1) is 11.3 Å². The van der Waals surface area contributed by atoms with Crippen molar-refractivity contribution in [1.82, 2.24) is 9.88 Å². The average molecular weight is 373 g/mol. The largest absolute Gasteiger partial charge is 0.464 e. The SMILES string of the molecule is Cc1ccc(-c2csc(SCC(=O)N(C)Cc3ccc(C)o3)n2)cc1. The van der Waals surface area contributed by atoms with Crippen LogP contribution in [0.3, 0.4) is 0 Å². The van der Waals surface area contributed by atoms with E-state index in [1.165, 1.54) is 17.3 Å². The van der Waals surface area contributed by atoms with Crippen molar-refractivity contribution < 1.29 is 9.21 Å². The predicted octanol–water partition coefficient (Wildman–Crippen LogP) is 4.77. The van der Waals surface area contributed by atoms with Gasteiger partial charge in [0, 0.05) is 18.0 Å². The summed E-state index contributed by atoms with van der Waals surface area (Å²) in [7, 11) is 1.79. The van der Waals surface area contributed by atoms with Crippen LogP contribution in [0, 0.1) is 13.8 Å². The van der Waals surface area contributed by atoms with E-state index in [0.29, 0.717) is 12.3 Å². The first-order valence-corrected chi connectivity index (χ1v) is 9.82. The summed E-state index contributed by atoms with van der Waals surface area (Å²) in [5.74, 6) is 2.09. The third-order valence-electron chi connectivity index (χ3n) is 3.76. The number of hydrogen-bond acceptors (Lipinski definition) is 5. The zero-order valence-electron chi connectivity index (χ0n) is 14.5. The Labute approximate surface area is 155 Å². The van der Waals surface area contributed by atoms with E-state index >= 15 is 0 Å². The van der Waals surface area contributed by atoms with Gasteiger partial charge in [-0.25, -0.2) is 4.98 Å². The lowest BCUT2D eigenvalue weighted by Gasteiger charge is -2.14. The van der Waals surface area contributed by atoms with Crippen LogP contribution < -0.4 is 0 Å². The molecule has 0 saturated carbocycles. The Balaban J connectivity index is 1.54. The predicted molar refractivity (Wildman–Crippen MR) is 103 cm³/mol. The number of carbonyl (C=O) groups is 1. The van der Waals surface area contributed by atoms with Crippen molar-refractivity contribution in [2.24, 2.45) is 0 Å². The van der Waals surface area contributed by atoms with E-state index in [9.17, 15) is 4.79 Å². The van der Waals surface area contributed by atoms with Crippen molar-refractivity contribution in [3.63, 3.8) is 0 Å². The quantitative estimate of drug-likeness (QED) is 0.585. The van der Waals surface area contributed by atoms with E-state index < -0.39 is 0 Å². The average Bonchev–Trinajstić information content (AvgIpc) is 3.22. The third-order valence-corrected chi connectivity index (χ3v) is 5.77. The van der Waals surface area contributed by atoms with Crippen molar-refractivity contribution in [1.29, 1.82) is 0 Å². The van der Waals surface area contributed by atoms with Gasteiger partial charge in [0.1, 0.15) is 11.5 Å². The van der Waals surface area contributed by atoms with Crippen molar-refractivity contribution in [3.05, 3.63) is 58.9 Å². The van der Waals surface area contributed by atoms with E-state index in [1.807, 2.05) is 24.4 Å². The molecule has 1 aromatic carbocycles. The van der Waals surface area contributed by atoms with Crippen molar-refractivity contribution >= 4 is 29.0 Å². The number of furan rings is 1. The van der Waals surface area contributed by atoms with Gasteiger partial charge in [0.05, 0.1) is 18.0 Å². The van der Waals surface area contributed by atoms with E-state index in [2.05, 4.69) is 36.2 Å². The van der Waals surface area contributed by atoms with Gasteiger partial charge in [-0.3, -0.25) is 4.79 Å². The third kappa shape index (κ3) is 4.74. The van der Waals surface area contributed by atoms with Gasteiger partial charge in [-0.05, 0) is 26.0 Å². The number of thioether (sulfide) groups is 1. The smallest absolute Gasteiger partial charge is 0.233 e. The van der Waals surface area contributed by atoms with Crippen molar-refractivity contribution in [2.75, 3.05) is 12.8 Å². The lowest BCUT2D eigenvalue weighted by atomic mass is 10.1. The molecule has 3 rings (SSSR count). The number of benzene rings is 1. The van der Waals surface area contributed by atoms with Gasteiger partial charge in [0.2, 0.25) is 5.91 Å². The summed E-state index contributed by atoms with van der Waals surface area (Å²) in [6, 6.07) is 12.1. The molecule has 0 aliphatic rings. The Morgan fingerprint density at radius 1 is 1.20 bits per heavy atom. The second kappa shape index (κ2) is 7.89. The van der Waals surface area contributed by atoms with Gasteiger partial charge in [-0.2, -0.15) is 0 Å². The van der Waals surface area contributed by atoms with E-state index in [1.54, 1.807) is 23.3 Å². The highest BCUT2D eigenvalue weighted by molar-refractivity contribution is 8.01. The first kappa shape index (κ1) is 17.8. The maximum atomic E-state index is 12.3. The van der Waals surface area contributed by atoms with Crippen molar-refractivity contribution in [2.45, 2.75) is 24.7 Å². The Kier molecular flexibility index (Phi) is 5.60. The molecule has 6 heteroatoms. The summed E-state index contributed by atoms with van der Waals surface area (Å²) in [4.78, 5) is 18.6. The fourth-order valence-corrected chi connectivity index (χ4v) is 4.08. The molecule has 3 aromatic rings. The molecule has 0 unspecified atom stereocenters. The normalized spacial score (nSPS) is 10.8. The molecule has 0 spiro atoms. The Morgan fingerprint density at radius 2 is 1.96 bits per heavy atom. The number of thiazole rings is 1. The van der Waals surface area contributed by atoms with E-state index in [4.69, 9.17) is 4.42 Å². The molecule has 2 heterocycles. The lowest BCUT2D eigenvalue weighted by Crippen LogP contribution is -2.27. The fourth-order valence-electron chi connectivity index (χ4n) is 2.31. The standard InChI is InChI=1S/C19H20N2O2S2/c1-13-4-7-15(8-5-13)17-11-24-19(20-17)25-12-18(22)21(3)10-16-9-6-14(2)23-16/h4-9,11H,10,12H2,1-3H3. The van der Waals surface area contributed by atoms with Gasteiger partial charge >= 0.3 is 0 Å². The van der Waals surface area contributed by atoms with Gasteiger partial charge in [-0.1, -0.05) is 41.6 Å². The lowest BCUT2D eigenvalue weighted by molar-refractivity contribution is -0.127. The maximum absolute atomic E-state index is 12.3. The van der Waals surface area contributed by atoms with Gasteiger partial charge < -0.3 is 9.32 Å². The molecule has 0 aliphatic heterocycles. The summed E-state index contributed by atoms with van der Waals surface area (Å²) in [5, 5.41) is 2.03. The number of aryl methyl sites for hydroxylation is 2. The first-order chi connectivity index (χ1) is 12.0. The summed E-state index contributed by atoms with van der Waals surface area (Å²) < 4.78 is 6.43. The topological polar surface area (TPSA) is 46.3 Å². The summed E-state index contributed by atoms with van der Waals surface area (Å²) in [6.07, 6.45) is 0. The van der Waals surface area contributed by atoms with Crippen LogP contribution in [0.4, 0.5) is 0 Å². The maximum Gasteiger partial charge on any atom is 0.233 e. The molecule has 25 heavy (non-hydrogen) atoms. The van der Waals surface area contributed by atoms with Gasteiger partial charge in [0.25, 0.3) is 0 Å². The van der Waals surface area contributed by atoms with E-state index in [-0.39, 0.29) is 5.91 Å². The minimum Gasteiger partial charge on any atom is -0.464 e.